The Bertz CT molecular complexity index is 453. The Balaban J connectivity index is 1.89. The first kappa shape index (κ1) is 16.0. The first-order chi connectivity index (χ1) is 9.69. The van der Waals surface area contributed by atoms with Crippen LogP contribution in [0, 0.1) is 0 Å². The van der Waals surface area contributed by atoms with Gasteiger partial charge in [-0.15, -0.1) is 0 Å². The smallest absolute Gasteiger partial charge is 0.227 e. The highest BCUT2D eigenvalue weighted by Crippen LogP contribution is 2.13. The van der Waals surface area contributed by atoms with Gasteiger partial charge in [0.25, 0.3) is 0 Å². The van der Waals surface area contributed by atoms with Crippen molar-refractivity contribution in [2.24, 2.45) is 0 Å². The number of alkyl halides is 1. The monoisotopic (exact) mass is 402 g/mol. The molecule has 1 fully saturated rings. The first-order valence-corrected chi connectivity index (χ1v) is 8.91. The zero-order valence-corrected chi connectivity index (χ0v) is 14.7. The van der Waals surface area contributed by atoms with Gasteiger partial charge < -0.3 is 9.80 Å². The average molecular weight is 404 g/mol. The van der Waals surface area contributed by atoms with Crippen LogP contribution in [-0.4, -0.2) is 53.8 Å². The van der Waals surface area contributed by atoms with Crippen molar-refractivity contribution in [3.05, 3.63) is 34.3 Å². The van der Waals surface area contributed by atoms with Gasteiger partial charge in [0.1, 0.15) is 0 Å². The van der Waals surface area contributed by atoms with Crippen LogP contribution in [0.2, 0.25) is 0 Å². The Labute approximate surface area is 137 Å². The second-order valence-electron chi connectivity index (χ2n) is 5.07. The van der Waals surface area contributed by atoms with Gasteiger partial charge in [0, 0.05) is 36.0 Å². The summed E-state index contributed by atoms with van der Waals surface area (Å²) in [5.41, 5.74) is 1.07. The van der Waals surface area contributed by atoms with Crippen molar-refractivity contribution >= 4 is 37.8 Å². The molecule has 110 valence electrons. The van der Waals surface area contributed by atoms with E-state index in [1.807, 2.05) is 29.2 Å². The second kappa shape index (κ2) is 8.15. The zero-order valence-electron chi connectivity index (χ0n) is 11.5. The number of halogens is 2. The molecule has 5 heteroatoms. The second-order valence-corrected chi connectivity index (χ2v) is 6.78. The Morgan fingerprint density at radius 1 is 1.20 bits per heavy atom. The van der Waals surface area contributed by atoms with Gasteiger partial charge in [0.2, 0.25) is 5.91 Å². The number of amides is 1. The van der Waals surface area contributed by atoms with Crippen LogP contribution in [-0.2, 0) is 11.2 Å². The van der Waals surface area contributed by atoms with E-state index in [0.717, 1.165) is 54.5 Å². The molecule has 1 saturated heterocycles. The molecule has 0 saturated carbocycles. The van der Waals surface area contributed by atoms with Gasteiger partial charge in [-0.2, -0.15) is 0 Å². The van der Waals surface area contributed by atoms with Crippen molar-refractivity contribution in [3.63, 3.8) is 0 Å². The Morgan fingerprint density at radius 3 is 2.80 bits per heavy atom. The number of carbonyl (C=O) groups is 1. The lowest BCUT2D eigenvalue weighted by Gasteiger charge is -2.21. The molecule has 1 amide bonds. The van der Waals surface area contributed by atoms with Crippen LogP contribution in [0.5, 0.6) is 0 Å². The summed E-state index contributed by atoms with van der Waals surface area (Å²) < 4.78 is 1.03. The lowest BCUT2D eigenvalue weighted by molar-refractivity contribution is -0.130. The third kappa shape index (κ3) is 4.86. The highest BCUT2D eigenvalue weighted by Gasteiger charge is 2.18. The van der Waals surface area contributed by atoms with Crippen molar-refractivity contribution in [3.8, 4) is 0 Å². The molecule has 1 aromatic rings. The molecule has 1 heterocycles. The van der Waals surface area contributed by atoms with Gasteiger partial charge >= 0.3 is 0 Å². The standard InChI is InChI=1S/C15H20Br2N2O/c16-5-8-18-6-2-7-19(10-9-18)15(20)12-13-3-1-4-14(17)11-13/h1,3-4,11H,2,5-10,12H2. The molecule has 0 N–H and O–H groups in total. The minimum absolute atomic E-state index is 0.240. The lowest BCUT2D eigenvalue weighted by Crippen LogP contribution is -2.36. The molecule has 1 aliphatic rings. The molecular formula is C15H20Br2N2O. The predicted molar refractivity (Wildman–Crippen MR) is 89.3 cm³/mol. The summed E-state index contributed by atoms with van der Waals surface area (Å²) in [6.45, 7) is 4.86. The average Bonchev–Trinajstić information content (AvgIpc) is 2.65. The first-order valence-electron chi connectivity index (χ1n) is 6.99. The molecule has 3 nitrogen and oxygen atoms in total. The van der Waals surface area contributed by atoms with E-state index in [9.17, 15) is 4.79 Å². The lowest BCUT2D eigenvalue weighted by atomic mass is 10.1. The molecule has 1 aromatic carbocycles. The topological polar surface area (TPSA) is 23.6 Å². The normalized spacial score (nSPS) is 17.0. The van der Waals surface area contributed by atoms with Crippen LogP contribution < -0.4 is 0 Å². The fraction of sp³-hybridized carbons (Fsp3) is 0.533. The molecule has 1 aliphatic heterocycles. The summed E-state index contributed by atoms with van der Waals surface area (Å²) in [5.74, 6) is 0.240. The molecule has 0 atom stereocenters. The van der Waals surface area contributed by atoms with Gasteiger partial charge in [0.15, 0.2) is 0 Å². The largest absolute Gasteiger partial charge is 0.341 e. The van der Waals surface area contributed by atoms with Gasteiger partial charge in [-0.05, 0) is 30.7 Å². The maximum absolute atomic E-state index is 12.4. The third-order valence-corrected chi connectivity index (χ3v) is 4.43. The Morgan fingerprint density at radius 2 is 2.05 bits per heavy atom. The van der Waals surface area contributed by atoms with Gasteiger partial charge in [-0.1, -0.05) is 44.0 Å². The van der Waals surface area contributed by atoms with Crippen LogP contribution in [0.25, 0.3) is 0 Å². The molecule has 2 rings (SSSR count). The predicted octanol–water partition coefficient (Wildman–Crippen LogP) is 2.92. The number of carbonyl (C=O) groups excluding carboxylic acids is 1. The van der Waals surface area contributed by atoms with Crippen LogP contribution in [0.4, 0.5) is 0 Å². The summed E-state index contributed by atoms with van der Waals surface area (Å²) in [7, 11) is 0. The SMILES string of the molecule is O=C(Cc1cccc(Br)c1)N1CCCN(CCBr)CC1. The number of rotatable bonds is 4. The van der Waals surface area contributed by atoms with Crippen molar-refractivity contribution in [2.45, 2.75) is 12.8 Å². The van der Waals surface area contributed by atoms with Gasteiger partial charge in [-0.25, -0.2) is 0 Å². The van der Waals surface area contributed by atoms with Crippen molar-refractivity contribution < 1.29 is 4.79 Å². The Hall–Kier alpha value is -0.390. The van der Waals surface area contributed by atoms with E-state index in [-0.39, 0.29) is 5.91 Å². The highest BCUT2D eigenvalue weighted by atomic mass is 79.9. The van der Waals surface area contributed by atoms with E-state index >= 15 is 0 Å². The Kier molecular flexibility index (Phi) is 6.52. The quantitative estimate of drug-likeness (QED) is 0.721. The maximum Gasteiger partial charge on any atom is 0.227 e. The van der Waals surface area contributed by atoms with Crippen LogP contribution in [0.15, 0.2) is 28.7 Å². The highest BCUT2D eigenvalue weighted by molar-refractivity contribution is 9.10. The van der Waals surface area contributed by atoms with Crippen molar-refractivity contribution in [2.75, 3.05) is 38.1 Å². The van der Waals surface area contributed by atoms with E-state index in [1.165, 1.54) is 0 Å². The molecule has 0 unspecified atom stereocenters. The summed E-state index contributed by atoms with van der Waals surface area (Å²) >= 11 is 6.93. The summed E-state index contributed by atoms with van der Waals surface area (Å²) in [6.07, 6.45) is 1.56. The molecular weight excluding hydrogens is 384 g/mol. The number of benzene rings is 1. The number of nitrogens with zero attached hydrogens (tertiary/aromatic N) is 2. The van der Waals surface area contributed by atoms with E-state index < -0.39 is 0 Å². The van der Waals surface area contributed by atoms with E-state index in [4.69, 9.17) is 0 Å². The van der Waals surface area contributed by atoms with Crippen LogP contribution in [0.3, 0.4) is 0 Å². The summed E-state index contributed by atoms with van der Waals surface area (Å²) in [4.78, 5) is 16.8. The molecule has 0 aliphatic carbocycles. The number of hydrogen-bond donors (Lipinski definition) is 0. The van der Waals surface area contributed by atoms with E-state index in [2.05, 4.69) is 36.8 Å². The number of hydrogen-bond acceptors (Lipinski definition) is 2. The van der Waals surface area contributed by atoms with Crippen molar-refractivity contribution in [1.29, 1.82) is 0 Å². The minimum atomic E-state index is 0.240. The maximum atomic E-state index is 12.4. The molecule has 0 radical (unpaired) electrons. The fourth-order valence-electron chi connectivity index (χ4n) is 2.50. The molecule has 20 heavy (non-hydrogen) atoms. The molecule has 0 bridgehead atoms. The van der Waals surface area contributed by atoms with Gasteiger partial charge in [-0.3, -0.25) is 4.79 Å². The van der Waals surface area contributed by atoms with Gasteiger partial charge in [0.05, 0.1) is 6.42 Å². The van der Waals surface area contributed by atoms with Crippen molar-refractivity contribution in [1.82, 2.24) is 9.80 Å². The van der Waals surface area contributed by atoms with Crippen LogP contribution >= 0.6 is 31.9 Å². The molecule has 0 aromatic heterocycles. The fourth-order valence-corrected chi connectivity index (χ4v) is 3.44. The zero-order chi connectivity index (χ0) is 14.4. The van der Waals surface area contributed by atoms with Crippen LogP contribution in [0.1, 0.15) is 12.0 Å². The molecule has 0 spiro atoms. The minimum Gasteiger partial charge on any atom is -0.341 e. The third-order valence-electron chi connectivity index (χ3n) is 3.59. The summed E-state index contributed by atoms with van der Waals surface area (Å²) in [5, 5.41) is 0.999. The van der Waals surface area contributed by atoms with E-state index in [0.29, 0.717) is 6.42 Å². The van der Waals surface area contributed by atoms with E-state index in [1.54, 1.807) is 0 Å². The summed E-state index contributed by atoms with van der Waals surface area (Å²) in [6, 6.07) is 8.00.